The molecule has 170 valence electrons. The Bertz CT molecular complexity index is 572. The van der Waals surface area contributed by atoms with Gasteiger partial charge in [-0.1, -0.05) is 39.0 Å². The van der Waals surface area contributed by atoms with Gasteiger partial charge in [-0.3, -0.25) is 4.79 Å². The van der Waals surface area contributed by atoms with Gasteiger partial charge in [-0.25, -0.2) is 0 Å². The standard InChI is InChI=1S/C26H42O4/c1-2-21-7-6-19-9-22(21)13-23(10-19)25(27)28-14-20-15-29-26(30-16-20)24-11-17-4-3-5-18(8-17)12-24/h17-24,26H,2-16H2,1H3. The Morgan fingerprint density at radius 3 is 2.27 bits per heavy atom. The Kier molecular flexibility index (Phi) is 6.72. The lowest BCUT2D eigenvalue weighted by atomic mass is 9.63. The molecule has 1 heterocycles. The number of hydrogen-bond donors (Lipinski definition) is 0. The van der Waals surface area contributed by atoms with E-state index in [0.717, 1.165) is 42.4 Å². The molecule has 4 aliphatic carbocycles. The molecule has 0 aromatic rings. The maximum Gasteiger partial charge on any atom is 0.308 e. The minimum atomic E-state index is -0.0240. The van der Waals surface area contributed by atoms with E-state index < -0.39 is 0 Å². The van der Waals surface area contributed by atoms with Crippen molar-refractivity contribution >= 4 is 5.97 Å². The van der Waals surface area contributed by atoms with E-state index in [1.54, 1.807) is 0 Å². The largest absolute Gasteiger partial charge is 0.465 e. The van der Waals surface area contributed by atoms with Crippen LogP contribution in [-0.2, 0) is 19.0 Å². The Morgan fingerprint density at radius 1 is 0.833 bits per heavy atom. The first-order chi connectivity index (χ1) is 14.7. The minimum absolute atomic E-state index is 0.0240. The Morgan fingerprint density at radius 2 is 1.53 bits per heavy atom. The summed E-state index contributed by atoms with van der Waals surface area (Å²) in [5.41, 5.74) is 0. The molecular weight excluding hydrogens is 376 g/mol. The smallest absolute Gasteiger partial charge is 0.308 e. The summed E-state index contributed by atoms with van der Waals surface area (Å²) < 4.78 is 18.1. The Hall–Kier alpha value is -0.610. The van der Waals surface area contributed by atoms with Crippen molar-refractivity contribution in [3.05, 3.63) is 0 Å². The van der Waals surface area contributed by atoms with Crippen molar-refractivity contribution in [2.75, 3.05) is 19.8 Å². The second-order valence-corrected chi connectivity index (χ2v) is 11.4. The van der Waals surface area contributed by atoms with Gasteiger partial charge in [0.2, 0.25) is 0 Å². The molecule has 0 radical (unpaired) electrons. The molecule has 30 heavy (non-hydrogen) atoms. The van der Waals surface area contributed by atoms with Crippen LogP contribution in [0.3, 0.4) is 0 Å². The van der Waals surface area contributed by atoms with E-state index in [2.05, 4.69) is 6.92 Å². The second-order valence-electron chi connectivity index (χ2n) is 11.4. The van der Waals surface area contributed by atoms with Gasteiger partial charge in [-0.15, -0.1) is 0 Å². The lowest BCUT2D eigenvalue weighted by molar-refractivity contribution is -0.238. The second kappa shape index (κ2) is 9.48. The summed E-state index contributed by atoms with van der Waals surface area (Å²) in [6.45, 7) is 4.13. The van der Waals surface area contributed by atoms with Gasteiger partial charge >= 0.3 is 5.97 Å². The molecule has 4 nitrogen and oxygen atoms in total. The lowest BCUT2D eigenvalue weighted by Gasteiger charge is -2.43. The first kappa shape index (κ1) is 21.2. The molecule has 5 aliphatic rings. The molecule has 6 unspecified atom stereocenters. The van der Waals surface area contributed by atoms with Crippen LogP contribution in [0.4, 0.5) is 0 Å². The quantitative estimate of drug-likeness (QED) is 0.546. The van der Waals surface area contributed by atoms with Gasteiger partial charge in [-0.2, -0.15) is 0 Å². The van der Waals surface area contributed by atoms with Gasteiger partial charge in [0.25, 0.3) is 0 Å². The van der Waals surface area contributed by atoms with Crippen molar-refractivity contribution in [3.8, 4) is 0 Å². The molecule has 0 amide bonds. The zero-order chi connectivity index (χ0) is 20.5. The van der Waals surface area contributed by atoms with Gasteiger partial charge < -0.3 is 14.2 Å². The Balaban J connectivity index is 1.05. The lowest BCUT2D eigenvalue weighted by Crippen LogP contribution is -2.42. The summed E-state index contributed by atoms with van der Waals surface area (Å²) in [4.78, 5) is 12.8. The first-order valence-electron chi connectivity index (χ1n) is 13.1. The molecule has 0 aromatic heterocycles. The minimum Gasteiger partial charge on any atom is -0.465 e. The normalized spacial score (nSPS) is 46.2. The topological polar surface area (TPSA) is 44.8 Å². The van der Waals surface area contributed by atoms with Crippen LogP contribution in [0, 0.1) is 47.3 Å². The monoisotopic (exact) mass is 418 g/mol. The maximum absolute atomic E-state index is 12.8. The predicted octanol–water partition coefficient (Wildman–Crippen LogP) is 5.59. The molecule has 1 aliphatic heterocycles. The molecule has 5 rings (SSSR count). The molecule has 4 saturated carbocycles. The summed E-state index contributed by atoms with van der Waals surface area (Å²) in [6, 6.07) is 0. The third kappa shape index (κ3) is 4.75. The van der Waals surface area contributed by atoms with Gasteiger partial charge in [0.1, 0.15) is 0 Å². The summed E-state index contributed by atoms with van der Waals surface area (Å²) in [6.07, 6.45) is 15.6. The van der Waals surface area contributed by atoms with Crippen molar-refractivity contribution in [2.24, 2.45) is 47.3 Å². The molecule has 4 heteroatoms. The zero-order valence-electron chi connectivity index (χ0n) is 18.9. The average molecular weight is 419 g/mol. The fourth-order valence-corrected chi connectivity index (χ4v) is 7.77. The van der Waals surface area contributed by atoms with Gasteiger partial charge in [-0.05, 0) is 74.5 Å². The molecule has 0 spiro atoms. The van der Waals surface area contributed by atoms with Crippen LogP contribution < -0.4 is 0 Å². The molecule has 4 bridgehead atoms. The third-order valence-electron chi connectivity index (χ3n) is 9.31. The maximum atomic E-state index is 12.8. The summed E-state index contributed by atoms with van der Waals surface area (Å²) in [5, 5.41) is 0. The number of rotatable bonds is 5. The fourth-order valence-electron chi connectivity index (χ4n) is 7.77. The van der Waals surface area contributed by atoms with Gasteiger partial charge in [0.15, 0.2) is 6.29 Å². The van der Waals surface area contributed by atoms with E-state index in [9.17, 15) is 4.79 Å². The van der Waals surface area contributed by atoms with Crippen molar-refractivity contribution in [1.29, 1.82) is 0 Å². The molecular formula is C26H42O4. The van der Waals surface area contributed by atoms with Crippen molar-refractivity contribution in [3.63, 3.8) is 0 Å². The summed E-state index contributed by atoms with van der Waals surface area (Å²) >= 11 is 0. The SMILES string of the molecule is CCC1CCC2CC(C(=O)OCC3COC(C4CC5CCCC(C5)C4)OC3)CC1C2. The highest BCUT2D eigenvalue weighted by molar-refractivity contribution is 5.72. The van der Waals surface area contributed by atoms with Crippen LogP contribution >= 0.6 is 0 Å². The average Bonchev–Trinajstić information content (AvgIpc) is 2.77. The van der Waals surface area contributed by atoms with Crippen LogP contribution in [0.25, 0.3) is 0 Å². The van der Waals surface area contributed by atoms with E-state index in [1.165, 1.54) is 64.2 Å². The molecule has 6 atom stereocenters. The van der Waals surface area contributed by atoms with E-state index in [1.807, 2.05) is 0 Å². The summed E-state index contributed by atoms with van der Waals surface area (Å²) in [5.74, 6) is 5.06. The predicted molar refractivity (Wildman–Crippen MR) is 116 cm³/mol. The van der Waals surface area contributed by atoms with Gasteiger partial charge in [0, 0.05) is 11.8 Å². The van der Waals surface area contributed by atoms with Gasteiger partial charge in [0.05, 0.1) is 25.7 Å². The zero-order valence-corrected chi connectivity index (χ0v) is 18.9. The van der Waals surface area contributed by atoms with E-state index >= 15 is 0 Å². The first-order valence-corrected chi connectivity index (χ1v) is 13.1. The van der Waals surface area contributed by atoms with Crippen molar-refractivity contribution in [1.82, 2.24) is 0 Å². The molecule has 0 N–H and O–H groups in total. The van der Waals surface area contributed by atoms with Crippen LogP contribution in [0.1, 0.15) is 84.0 Å². The van der Waals surface area contributed by atoms with Crippen LogP contribution in [0.15, 0.2) is 0 Å². The van der Waals surface area contributed by atoms with Crippen LogP contribution in [0.5, 0.6) is 0 Å². The number of esters is 1. The highest BCUT2D eigenvalue weighted by Gasteiger charge is 2.41. The third-order valence-corrected chi connectivity index (χ3v) is 9.31. The molecule has 5 fully saturated rings. The van der Waals surface area contributed by atoms with Crippen molar-refractivity contribution < 1.29 is 19.0 Å². The number of carbonyl (C=O) groups excluding carboxylic acids is 1. The number of ether oxygens (including phenoxy) is 3. The number of carbonyl (C=O) groups is 1. The molecule has 0 aromatic carbocycles. The highest BCUT2D eigenvalue weighted by atomic mass is 16.7. The summed E-state index contributed by atoms with van der Waals surface area (Å²) in [7, 11) is 0. The van der Waals surface area contributed by atoms with Crippen LogP contribution in [-0.4, -0.2) is 32.1 Å². The highest BCUT2D eigenvalue weighted by Crippen LogP contribution is 2.47. The Labute approximate surface area is 182 Å². The molecule has 1 saturated heterocycles. The number of fused-ring (bicyclic) bond motifs is 4. The fraction of sp³-hybridized carbons (Fsp3) is 0.962. The van der Waals surface area contributed by atoms with Crippen molar-refractivity contribution in [2.45, 2.75) is 90.3 Å². The van der Waals surface area contributed by atoms with E-state index in [0.29, 0.717) is 25.7 Å². The number of hydrogen-bond acceptors (Lipinski definition) is 4. The van der Waals surface area contributed by atoms with E-state index in [-0.39, 0.29) is 24.1 Å². The van der Waals surface area contributed by atoms with E-state index in [4.69, 9.17) is 14.2 Å². The van der Waals surface area contributed by atoms with Crippen LogP contribution in [0.2, 0.25) is 0 Å².